The van der Waals surface area contributed by atoms with Crippen molar-refractivity contribution < 1.29 is 9.53 Å². The zero-order valence-electron chi connectivity index (χ0n) is 15.5. The normalized spacial score (nSPS) is 10.3. The van der Waals surface area contributed by atoms with Gasteiger partial charge in [0.25, 0.3) is 0 Å². The van der Waals surface area contributed by atoms with Gasteiger partial charge in [-0.2, -0.15) is 0 Å². The van der Waals surface area contributed by atoms with Gasteiger partial charge in [-0.05, 0) is 47.5 Å². The molecule has 0 radical (unpaired) electrons. The van der Waals surface area contributed by atoms with Gasteiger partial charge in [0.1, 0.15) is 5.75 Å². The maximum absolute atomic E-state index is 12.4. The summed E-state index contributed by atoms with van der Waals surface area (Å²) in [6.45, 7) is 7.09. The molecule has 0 saturated carbocycles. The van der Waals surface area contributed by atoms with E-state index in [1.165, 1.54) is 11.3 Å². The Balaban J connectivity index is 1.47. The Hall–Kier alpha value is -3.89. The fourth-order valence-corrected chi connectivity index (χ4v) is 3.75. The molecule has 7 heteroatoms. The molecule has 29 heavy (non-hydrogen) atoms. The van der Waals surface area contributed by atoms with Gasteiger partial charge in [-0.25, -0.2) is 14.6 Å². The number of fused-ring (bicyclic) bond motifs is 1. The molecule has 4 rings (SSSR count). The summed E-state index contributed by atoms with van der Waals surface area (Å²) in [7, 11) is 1.63. The van der Waals surface area contributed by atoms with Crippen molar-refractivity contribution in [1.82, 2.24) is 4.98 Å². The fourth-order valence-electron chi connectivity index (χ4n) is 2.86. The van der Waals surface area contributed by atoms with E-state index in [9.17, 15) is 4.79 Å². The van der Waals surface area contributed by atoms with Gasteiger partial charge >= 0.3 is 6.03 Å². The number of rotatable bonds is 4. The maximum Gasteiger partial charge on any atom is 0.325 e. The van der Waals surface area contributed by atoms with Crippen molar-refractivity contribution in [2.75, 3.05) is 17.7 Å². The van der Waals surface area contributed by atoms with E-state index in [1.54, 1.807) is 25.3 Å². The lowest BCUT2D eigenvalue weighted by Gasteiger charge is -2.08. The molecule has 0 aliphatic heterocycles. The highest BCUT2D eigenvalue weighted by atomic mass is 32.1. The first kappa shape index (κ1) is 18.5. The summed E-state index contributed by atoms with van der Waals surface area (Å²) in [5.41, 5.74) is 3.98. The van der Waals surface area contributed by atoms with E-state index in [4.69, 9.17) is 11.3 Å². The third kappa shape index (κ3) is 4.18. The standard InChI is InChI=1S/C22H16N4O2S/c1-23-16-8-11-19-20(13-16)29-22(25-19)26-21(27)24-17-5-3-4-15(12-17)14-6-9-18(28-2)10-7-14/h3-13H,2H3,(H2,24,25,26,27). The van der Waals surface area contributed by atoms with Crippen LogP contribution in [0.15, 0.2) is 66.7 Å². The second-order valence-corrected chi connectivity index (χ2v) is 7.20. The quantitative estimate of drug-likeness (QED) is 0.403. The Morgan fingerprint density at radius 3 is 2.62 bits per heavy atom. The molecule has 0 saturated heterocycles. The van der Waals surface area contributed by atoms with Crippen LogP contribution in [0.5, 0.6) is 5.75 Å². The van der Waals surface area contributed by atoms with Gasteiger partial charge in [-0.15, -0.1) is 0 Å². The molecule has 142 valence electrons. The molecule has 1 heterocycles. The number of nitrogens with one attached hydrogen (secondary N) is 2. The minimum absolute atomic E-state index is 0.374. The van der Waals surface area contributed by atoms with Crippen molar-refractivity contribution in [2.24, 2.45) is 0 Å². The molecule has 2 N–H and O–H groups in total. The molecule has 1 aromatic heterocycles. The van der Waals surface area contributed by atoms with Crippen LogP contribution in [0.3, 0.4) is 0 Å². The van der Waals surface area contributed by atoms with Crippen LogP contribution >= 0.6 is 11.3 Å². The summed E-state index contributed by atoms with van der Waals surface area (Å²) in [5, 5.41) is 6.07. The van der Waals surface area contributed by atoms with E-state index in [0.717, 1.165) is 27.1 Å². The Bertz CT molecular complexity index is 1230. The number of urea groups is 1. The topological polar surface area (TPSA) is 67.6 Å². The van der Waals surface area contributed by atoms with Crippen LogP contribution in [-0.2, 0) is 0 Å². The summed E-state index contributed by atoms with van der Waals surface area (Å²) < 4.78 is 6.04. The molecule has 2 amide bonds. The van der Waals surface area contributed by atoms with Crippen molar-refractivity contribution in [2.45, 2.75) is 0 Å². The van der Waals surface area contributed by atoms with E-state index in [-0.39, 0.29) is 6.03 Å². The van der Waals surface area contributed by atoms with Gasteiger partial charge in [0.15, 0.2) is 10.8 Å². The number of hydrogen-bond donors (Lipinski definition) is 2. The third-order valence-electron chi connectivity index (χ3n) is 4.27. The minimum Gasteiger partial charge on any atom is -0.497 e. The smallest absolute Gasteiger partial charge is 0.325 e. The molecule has 0 aliphatic rings. The molecule has 4 aromatic rings. The van der Waals surface area contributed by atoms with E-state index in [0.29, 0.717) is 16.5 Å². The third-order valence-corrected chi connectivity index (χ3v) is 5.20. The highest BCUT2D eigenvalue weighted by Gasteiger charge is 2.09. The Labute approximate surface area is 171 Å². The number of methoxy groups -OCH3 is 1. The maximum atomic E-state index is 12.4. The molecule has 0 spiro atoms. The molecule has 0 bridgehead atoms. The number of aromatic nitrogens is 1. The molecule has 3 aromatic carbocycles. The molecular weight excluding hydrogens is 384 g/mol. The van der Waals surface area contributed by atoms with E-state index in [1.807, 2.05) is 48.5 Å². The number of amides is 2. The van der Waals surface area contributed by atoms with Gasteiger partial charge in [-0.3, -0.25) is 5.32 Å². The van der Waals surface area contributed by atoms with E-state index < -0.39 is 0 Å². The lowest BCUT2D eigenvalue weighted by Crippen LogP contribution is -2.19. The molecule has 0 unspecified atom stereocenters. The van der Waals surface area contributed by atoms with Gasteiger partial charge in [0.05, 0.1) is 19.2 Å². The summed E-state index contributed by atoms with van der Waals surface area (Å²) in [6.07, 6.45) is 0. The zero-order chi connectivity index (χ0) is 20.2. The molecule has 0 aliphatic carbocycles. The minimum atomic E-state index is -0.374. The number of nitrogens with zero attached hydrogens (tertiary/aromatic N) is 2. The average molecular weight is 400 g/mol. The largest absolute Gasteiger partial charge is 0.497 e. The summed E-state index contributed by atoms with van der Waals surface area (Å²) >= 11 is 1.33. The fraction of sp³-hybridized carbons (Fsp3) is 0.0455. The van der Waals surface area contributed by atoms with Crippen molar-refractivity contribution >= 4 is 44.1 Å². The number of thiazole rings is 1. The van der Waals surface area contributed by atoms with Gasteiger partial charge in [0, 0.05) is 10.4 Å². The number of ether oxygens (including phenoxy) is 1. The monoisotopic (exact) mass is 400 g/mol. The second-order valence-electron chi connectivity index (χ2n) is 6.17. The number of hydrogen-bond acceptors (Lipinski definition) is 4. The Kier molecular flexibility index (Phi) is 5.10. The first-order valence-electron chi connectivity index (χ1n) is 8.75. The predicted octanol–water partition coefficient (Wildman–Crippen LogP) is 6.17. The van der Waals surface area contributed by atoms with Crippen LogP contribution in [0.4, 0.5) is 21.3 Å². The second kappa shape index (κ2) is 8.00. The Morgan fingerprint density at radius 2 is 1.86 bits per heavy atom. The van der Waals surface area contributed by atoms with E-state index in [2.05, 4.69) is 20.5 Å². The van der Waals surface area contributed by atoms with Crippen LogP contribution in [0.2, 0.25) is 0 Å². The van der Waals surface area contributed by atoms with Crippen molar-refractivity contribution in [3.8, 4) is 16.9 Å². The van der Waals surface area contributed by atoms with Crippen LogP contribution in [0.25, 0.3) is 26.2 Å². The molecule has 0 atom stereocenters. The first-order valence-corrected chi connectivity index (χ1v) is 9.57. The summed E-state index contributed by atoms with van der Waals surface area (Å²) in [5.74, 6) is 0.793. The van der Waals surface area contributed by atoms with Crippen molar-refractivity contribution in [1.29, 1.82) is 0 Å². The Morgan fingerprint density at radius 1 is 1.03 bits per heavy atom. The highest BCUT2D eigenvalue weighted by molar-refractivity contribution is 7.22. The molecule has 6 nitrogen and oxygen atoms in total. The average Bonchev–Trinajstić information content (AvgIpc) is 3.15. The van der Waals surface area contributed by atoms with Gasteiger partial charge < -0.3 is 10.1 Å². The van der Waals surface area contributed by atoms with E-state index >= 15 is 0 Å². The zero-order valence-corrected chi connectivity index (χ0v) is 16.3. The van der Waals surface area contributed by atoms with Gasteiger partial charge in [0.2, 0.25) is 0 Å². The summed E-state index contributed by atoms with van der Waals surface area (Å²) in [4.78, 5) is 20.2. The molecular formula is C22H16N4O2S. The van der Waals surface area contributed by atoms with Gasteiger partial charge in [-0.1, -0.05) is 41.7 Å². The highest BCUT2D eigenvalue weighted by Crippen LogP contribution is 2.30. The van der Waals surface area contributed by atoms with Crippen molar-refractivity contribution in [3.05, 3.63) is 78.1 Å². The van der Waals surface area contributed by atoms with Crippen LogP contribution < -0.4 is 15.4 Å². The lowest BCUT2D eigenvalue weighted by molar-refractivity contribution is 0.262. The SMILES string of the molecule is [C-]#[N+]c1ccc2nc(NC(=O)Nc3cccc(-c4ccc(OC)cc4)c3)sc2c1. The number of benzene rings is 3. The van der Waals surface area contributed by atoms with Crippen LogP contribution in [0, 0.1) is 6.57 Å². The number of carbonyl (C=O) groups is 1. The molecule has 0 fully saturated rings. The van der Waals surface area contributed by atoms with Crippen LogP contribution in [0.1, 0.15) is 0 Å². The first-order chi connectivity index (χ1) is 14.1. The number of anilines is 2. The summed E-state index contributed by atoms with van der Waals surface area (Å²) in [6, 6.07) is 20.2. The number of carbonyl (C=O) groups excluding carboxylic acids is 1. The lowest BCUT2D eigenvalue weighted by atomic mass is 10.1. The van der Waals surface area contributed by atoms with Crippen LogP contribution in [-0.4, -0.2) is 18.1 Å². The predicted molar refractivity (Wildman–Crippen MR) is 117 cm³/mol. The van der Waals surface area contributed by atoms with Crippen molar-refractivity contribution in [3.63, 3.8) is 0 Å².